The van der Waals surface area contributed by atoms with E-state index < -0.39 is 5.82 Å². The summed E-state index contributed by atoms with van der Waals surface area (Å²) in [4.78, 5) is 41.8. The highest BCUT2D eigenvalue weighted by Crippen LogP contribution is 2.17. The van der Waals surface area contributed by atoms with Crippen LogP contribution in [0.3, 0.4) is 0 Å². The molecular weight excluding hydrogens is 353 g/mol. The molecule has 1 atom stereocenters. The van der Waals surface area contributed by atoms with Crippen molar-refractivity contribution < 1.29 is 9.18 Å². The predicted octanol–water partition coefficient (Wildman–Crippen LogP) is -0.0542. The van der Waals surface area contributed by atoms with Crippen molar-refractivity contribution in [1.82, 2.24) is 19.4 Å². The van der Waals surface area contributed by atoms with Crippen LogP contribution in [0, 0.1) is 5.82 Å². The van der Waals surface area contributed by atoms with Crippen LogP contribution < -0.4 is 21.5 Å². The fraction of sp³-hybridized carbons (Fsp3) is 0.444. The van der Waals surface area contributed by atoms with Gasteiger partial charge >= 0.3 is 5.69 Å². The minimum Gasteiger partial charge on any atom is -0.356 e. The van der Waals surface area contributed by atoms with Crippen molar-refractivity contribution in [3.05, 3.63) is 56.7 Å². The van der Waals surface area contributed by atoms with E-state index >= 15 is 0 Å². The number of carbonyl (C=O) groups excluding carboxylic acids is 1. The summed E-state index contributed by atoms with van der Waals surface area (Å²) in [5.74, 6) is 0.00798. The van der Waals surface area contributed by atoms with Gasteiger partial charge in [-0.2, -0.15) is 0 Å². The van der Waals surface area contributed by atoms with Gasteiger partial charge in [-0.15, -0.1) is 0 Å². The second-order valence-electron chi connectivity index (χ2n) is 6.75. The van der Waals surface area contributed by atoms with Crippen LogP contribution in [0.5, 0.6) is 0 Å². The van der Waals surface area contributed by atoms with E-state index in [1.54, 1.807) is 13.2 Å². The van der Waals surface area contributed by atoms with Gasteiger partial charge in [-0.1, -0.05) is 0 Å². The average Bonchev–Trinajstić information content (AvgIpc) is 3.09. The molecular formula is C18H22FN5O3. The van der Waals surface area contributed by atoms with E-state index in [4.69, 9.17) is 0 Å². The molecule has 8 nitrogen and oxygen atoms in total. The van der Waals surface area contributed by atoms with Crippen LogP contribution in [0.4, 0.5) is 10.2 Å². The van der Waals surface area contributed by atoms with Crippen LogP contribution in [0.2, 0.25) is 0 Å². The number of aryl methyl sites for hydroxylation is 1. The van der Waals surface area contributed by atoms with Gasteiger partial charge in [-0.05, 0) is 24.5 Å². The number of rotatable bonds is 5. The van der Waals surface area contributed by atoms with Crippen LogP contribution >= 0.6 is 0 Å². The number of amides is 1. The zero-order chi connectivity index (χ0) is 19.6. The van der Waals surface area contributed by atoms with Gasteiger partial charge in [0.25, 0.3) is 5.56 Å². The first-order valence-corrected chi connectivity index (χ1v) is 8.76. The smallest absolute Gasteiger partial charge is 0.332 e. The molecule has 1 aliphatic heterocycles. The summed E-state index contributed by atoms with van der Waals surface area (Å²) >= 11 is 0. The Balaban J connectivity index is 1.58. The summed E-state index contributed by atoms with van der Waals surface area (Å²) in [5, 5.41) is 2.96. The zero-order valence-corrected chi connectivity index (χ0v) is 15.3. The molecule has 1 aliphatic rings. The molecule has 144 valence electrons. The van der Waals surface area contributed by atoms with E-state index in [-0.39, 0.29) is 29.6 Å². The van der Waals surface area contributed by atoms with Gasteiger partial charge in [0.15, 0.2) is 0 Å². The fourth-order valence-corrected chi connectivity index (χ4v) is 3.26. The largest absolute Gasteiger partial charge is 0.356 e. The summed E-state index contributed by atoms with van der Waals surface area (Å²) in [6, 6.07) is 2.73. The van der Waals surface area contributed by atoms with Gasteiger partial charge in [0.2, 0.25) is 5.91 Å². The Morgan fingerprint density at radius 3 is 2.78 bits per heavy atom. The molecule has 2 aromatic heterocycles. The topological polar surface area (TPSA) is 89.2 Å². The maximum absolute atomic E-state index is 13.1. The molecule has 0 unspecified atom stereocenters. The lowest BCUT2D eigenvalue weighted by Crippen LogP contribution is -2.41. The van der Waals surface area contributed by atoms with Crippen LogP contribution in [-0.4, -0.2) is 39.2 Å². The number of anilines is 1. The molecule has 1 saturated heterocycles. The highest BCUT2D eigenvalue weighted by atomic mass is 19.1. The van der Waals surface area contributed by atoms with Crippen LogP contribution in [0.25, 0.3) is 0 Å². The van der Waals surface area contributed by atoms with Crippen molar-refractivity contribution in [1.29, 1.82) is 0 Å². The first kappa shape index (κ1) is 18.8. The molecule has 0 bridgehead atoms. The highest BCUT2D eigenvalue weighted by Gasteiger charge is 2.26. The number of aromatic nitrogens is 3. The molecule has 9 heteroatoms. The van der Waals surface area contributed by atoms with Gasteiger partial charge in [0.05, 0.1) is 6.20 Å². The molecule has 0 saturated carbocycles. The Labute approximate surface area is 155 Å². The summed E-state index contributed by atoms with van der Waals surface area (Å²) in [6.45, 7) is 1.16. The van der Waals surface area contributed by atoms with E-state index in [0.717, 1.165) is 17.2 Å². The average molecular weight is 375 g/mol. The SMILES string of the molecule is Cn1c(N2CC[C@H](NC(=O)CCc3cncc(F)c3)C2)cc(=O)n(C)c1=O. The molecule has 3 rings (SSSR count). The third-order valence-electron chi connectivity index (χ3n) is 4.78. The van der Waals surface area contributed by atoms with E-state index in [1.807, 2.05) is 4.90 Å². The fourth-order valence-electron chi connectivity index (χ4n) is 3.26. The van der Waals surface area contributed by atoms with Gasteiger partial charge in [0.1, 0.15) is 11.6 Å². The number of hydrogen-bond donors (Lipinski definition) is 1. The normalized spacial score (nSPS) is 16.6. The molecule has 1 N–H and O–H groups in total. The van der Waals surface area contributed by atoms with Crippen molar-refractivity contribution in [2.24, 2.45) is 14.1 Å². The van der Waals surface area contributed by atoms with E-state index in [2.05, 4.69) is 10.3 Å². The van der Waals surface area contributed by atoms with Crippen LogP contribution in [0.1, 0.15) is 18.4 Å². The Morgan fingerprint density at radius 2 is 2.04 bits per heavy atom. The number of pyridine rings is 1. The van der Waals surface area contributed by atoms with E-state index in [1.165, 1.54) is 23.7 Å². The van der Waals surface area contributed by atoms with E-state index in [0.29, 0.717) is 30.9 Å². The van der Waals surface area contributed by atoms with Crippen molar-refractivity contribution in [2.75, 3.05) is 18.0 Å². The van der Waals surface area contributed by atoms with Gasteiger partial charge in [0, 0.05) is 51.9 Å². The lowest BCUT2D eigenvalue weighted by molar-refractivity contribution is -0.121. The Kier molecular flexibility index (Phi) is 5.38. The van der Waals surface area contributed by atoms with Gasteiger partial charge < -0.3 is 10.2 Å². The third-order valence-corrected chi connectivity index (χ3v) is 4.78. The molecule has 1 amide bonds. The number of hydrogen-bond acceptors (Lipinski definition) is 5. The summed E-state index contributed by atoms with van der Waals surface area (Å²) in [5.41, 5.74) is -0.0636. The molecule has 0 aliphatic carbocycles. The monoisotopic (exact) mass is 375 g/mol. The Hall–Kier alpha value is -2.97. The molecule has 0 spiro atoms. The first-order chi connectivity index (χ1) is 12.8. The van der Waals surface area contributed by atoms with Crippen LogP contribution in [-0.2, 0) is 25.3 Å². The minimum atomic E-state index is -0.418. The van der Waals surface area contributed by atoms with Crippen molar-refractivity contribution >= 4 is 11.7 Å². The Morgan fingerprint density at radius 1 is 1.26 bits per heavy atom. The molecule has 0 aromatic carbocycles. The van der Waals surface area contributed by atoms with Crippen molar-refractivity contribution in [3.63, 3.8) is 0 Å². The highest BCUT2D eigenvalue weighted by molar-refractivity contribution is 5.76. The second kappa shape index (κ2) is 7.73. The quantitative estimate of drug-likeness (QED) is 0.791. The predicted molar refractivity (Wildman–Crippen MR) is 98.2 cm³/mol. The number of carbonyl (C=O) groups is 1. The minimum absolute atomic E-state index is 0.0673. The third kappa shape index (κ3) is 4.24. The van der Waals surface area contributed by atoms with Crippen molar-refractivity contribution in [2.45, 2.75) is 25.3 Å². The molecule has 2 aromatic rings. The lowest BCUT2D eigenvalue weighted by atomic mass is 10.1. The van der Waals surface area contributed by atoms with Gasteiger partial charge in [-0.3, -0.25) is 23.7 Å². The van der Waals surface area contributed by atoms with Crippen molar-refractivity contribution in [3.8, 4) is 0 Å². The standard InChI is InChI=1S/C18H22FN5O3/c1-22-16(8-17(26)23(2)18(22)27)24-6-5-14(11-24)21-15(25)4-3-12-7-13(19)10-20-9-12/h7-10,14H,3-6,11H2,1-2H3,(H,21,25)/t14-/m0/s1. The molecule has 27 heavy (non-hydrogen) atoms. The number of nitrogens with zero attached hydrogens (tertiary/aromatic N) is 4. The molecule has 0 radical (unpaired) electrons. The van der Waals surface area contributed by atoms with E-state index in [9.17, 15) is 18.8 Å². The maximum Gasteiger partial charge on any atom is 0.332 e. The second-order valence-corrected chi connectivity index (χ2v) is 6.75. The summed E-state index contributed by atoms with van der Waals surface area (Å²) in [7, 11) is 3.06. The zero-order valence-electron chi connectivity index (χ0n) is 15.3. The summed E-state index contributed by atoms with van der Waals surface area (Å²) < 4.78 is 15.6. The first-order valence-electron chi connectivity index (χ1n) is 8.76. The Bertz CT molecular complexity index is 968. The molecule has 1 fully saturated rings. The van der Waals surface area contributed by atoms with Crippen LogP contribution in [0.15, 0.2) is 34.1 Å². The maximum atomic E-state index is 13.1. The number of halogens is 1. The number of nitrogens with one attached hydrogen (secondary N) is 1. The lowest BCUT2D eigenvalue weighted by Gasteiger charge is -2.21. The molecule has 3 heterocycles. The van der Waals surface area contributed by atoms with Gasteiger partial charge in [-0.25, -0.2) is 9.18 Å². The summed E-state index contributed by atoms with van der Waals surface area (Å²) in [6.07, 6.45) is 4.05.